The molecule has 0 saturated heterocycles. The molecule has 1 unspecified atom stereocenters. The summed E-state index contributed by atoms with van der Waals surface area (Å²) in [7, 11) is 0. The van der Waals surface area contributed by atoms with Gasteiger partial charge in [0.15, 0.2) is 0 Å². The first kappa shape index (κ1) is 13.5. The second-order valence-corrected chi connectivity index (χ2v) is 4.64. The molecule has 0 aromatic carbocycles. The van der Waals surface area contributed by atoms with Crippen molar-refractivity contribution in [1.29, 1.82) is 0 Å². The summed E-state index contributed by atoms with van der Waals surface area (Å²) in [6, 6.07) is 0.0977. The fraction of sp³-hybridized carbons (Fsp3) is 0.917. The first-order chi connectivity index (χ1) is 7.68. The van der Waals surface area contributed by atoms with Crippen LogP contribution in [-0.4, -0.2) is 31.2 Å². The van der Waals surface area contributed by atoms with Gasteiger partial charge in [0.05, 0.1) is 12.7 Å². The number of rotatable bonds is 7. The topological polar surface area (TPSA) is 64.4 Å². The van der Waals surface area contributed by atoms with Crippen LogP contribution in [-0.2, 0) is 9.53 Å². The van der Waals surface area contributed by atoms with E-state index in [9.17, 15) is 4.79 Å². The zero-order valence-electron chi connectivity index (χ0n) is 10.2. The van der Waals surface area contributed by atoms with Gasteiger partial charge in [-0.05, 0) is 26.2 Å². The molecule has 0 aromatic heterocycles. The molecule has 1 atom stereocenters. The Hall–Kier alpha value is -0.610. The molecule has 0 aromatic rings. The molecule has 0 radical (unpaired) electrons. The summed E-state index contributed by atoms with van der Waals surface area (Å²) in [6.45, 7) is 3.17. The number of carbonyl (C=O) groups is 1. The largest absolute Gasteiger partial charge is 0.376 e. The van der Waals surface area contributed by atoms with Crippen molar-refractivity contribution in [1.82, 2.24) is 5.32 Å². The Labute approximate surface area is 97.9 Å². The number of nitrogens with two attached hydrogens (primary N) is 1. The SMILES string of the molecule is CC(N)CCC(=O)NCCOC1CCCC1. The Kier molecular flexibility index (Phi) is 6.42. The van der Waals surface area contributed by atoms with Crippen LogP contribution in [0.5, 0.6) is 0 Å². The third kappa shape index (κ3) is 6.08. The lowest BCUT2D eigenvalue weighted by Crippen LogP contribution is -2.29. The molecule has 1 aliphatic rings. The Balaban J connectivity index is 1.91. The molecule has 94 valence electrons. The van der Waals surface area contributed by atoms with E-state index in [0.29, 0.717) is 25.7 Å². The first-order valence-electron chi connectivity index (χ1n) is 6.32. The number of hydrogen-bond acceptors (Lipinski definition) is 3. The van der Waals surface area contributed by atoms with Crippen molar-refractivity contribution in [3.63, 3.8) is 0 Å². The van der Waals surface area contributed by atoms with E-state index in [4.69, 9.17) is 10.5 Å². The van der Waals surface area contributed by atoms with Crippen molar-refractivity contribution in [2.45, 2.75) is 57.6 Å². The molecule has 0 heterocycles. The molecule has 1 fully saturated rings. The maximum atomic E-state index is 11.3. The highest BCUT2D eigenvalue weighted by molar-refractivity contribution is 5.75. The molecule has 1 amide bonds. The smallest absolute Gasteiger partial charge is 0.220 e. The number of carbonyl (C=O) groups excluding carboxylic acids is 1. The summed E-state index contributed by atoms with van der Waals surface area (Å²) in [5.41, 5.74) is 5.57. The molecule has 0 spiro atoms. The minimum Gasteiger partial charge on any atom is -0.376 e. The van der Waals surface area contributed by atoms with Crippen molar-refractivity contribution >= 4 is 5.91 Å². The lowest BCUT2D eigenvalue weighted by molar-refractivity contribution is -0.121. The summed E-state index contributed by atoms with van der Waals surface area (Å²) < 4.78 is 5.64. The zero-order chi connectivity index (χ0) is 11.8. The van der Waals surface area contributed by atoms with Gasteiger partial charge in [-0.15, -0.1) is 0 Å². The maximum absolute atomic E-state index is 11.3. The van der Waals surface area contributed by atoms with E-state index in [2.05, 4.69) is 5.32 Å². The number of ether oxygens (including phenoxy) is 1. The van der Waals surface area contributed by atoms with Gasteiger partial charge in [0.25, 0.3) is 0 Å². The molecular formula is C12H24N2O2. The van der Waals surface area contributed by atoms with Gasteiger partial charge < -0.3 is 15.8 Å². The quantitative estimate of drug-likeness (QED) is 0.643. The standard InChI is InChI=1S/C12H24N2O2/c1-10(13)6-7-12(15)14-8-9-16-11-4-2-3-5-11/h10-11H,2-9,13H2,1H3,(H,14,15). The van der Waals surface area contributed by atoms with Crippen molar-refractivity contribution in [2.24, 2.45) is 5.73 Å². The van der Waals surface area contributed by atoms with Gasteiger partial charge in [-0.3, -0.25) is 4.79 Å². The van der Waals surface area contributed by atoms with E-state index in [0.717, 1.165) is 6.42 Å². The zero-order valence-corrected chi connectivity index (χ0v) is 10.2. The second kappa shape index (κ2) is 7.63. The van der Waals surface area contributed by atoms with Crippen LogP contribution in [0.4, 0.5) is 0 Å². The summed E-state index contributed by atoms with van der Waals surface area (Å²) in [5, 5.41) is 2.84. The minimum atomic E-state index is 0.0762. The third-order valence-electron chi connectivity index (χ3n) is 2.91. The van der Waals surface area contributed by atoms with E-state index in [1.807, 2.05) is 6.92 Å². The molecule has 4 nitrogen and oxygen atoms in total. The number of nitrogens with one attached hydrogen (secondary N) is 1. The molecule has 1 saturated carbocycles. The molecule has 0 aliphatic heterocycles. The molecular weight excluding hydrogens is 204 g/mol. The van der Waals surface area contributed by atoms with Crippen molar-refractivity contribution in [3.05, 3.63) is 0 Å². The highest BCUT2D eigenvalue weighted by Gasteiger charge is 2.14. The Morgan fingerprint density at radius 2 is 2.19 bits per heavy atom. The van der Waals surface area contributed by atoms with E-state index < -0.39 is 0 Å². The predicted molar refractivity (Wildman–Crippen MR) is 64.1 cm³/mol. The molecule has 1 aliphatic carbocycles. The van der Waals surface area contributed by atoms with Crippen LogP contribution in [0, 0.1) is 0 Å². The van der Waals surface area contributed by atoms with Gasteiger partial charge >= 0.3 is 0 Å². The van der Waals surface area contributed by atoms with Crippen LogP contribution in [0.15, 0.2) is 0 Å². The van der Waals surface area contributed by atoms with E-state index in [1.165, 1.54) is 25.7 Å². The first-order valence-corrected chi connectivity index (χ1v) is 6.32. The summed E-state index contributed by atoms with van der Waals surface area (Å²) in [4.78, 5) is 11.3. The fourth-order valence-corrected chi connectivity index (χ4v) is 1.92. The van der Waals surface area contributed by atoms with Crippen molar-refractivity contribution in [3.8, 4) is 0 Å². The molecule has 1 rings (SSSR count). The lowest BCUT2D eigenvalue weighted by Gasteiger charge is -2.11. The average Bonchev–Trinajstić information content (AvgIpc) is 2.74. The summed E-state index contributed by atoms with van der Waals surface area (Å²) in [5.74, 6) is 0.0762. The highest BCUT2D eigenvalue weighted by Crippen LogP contribution is 2.20. The highest BCUT2D eigenvalue weighted by atomic mass is 16.5. The second-order valence-electron chi connectivity index (χ2n) is 4.64. The lowest BCUT2D eigenvalue weighted by atomic mass is 10.2. The van der Waals surface area contributed by atoms with E-state index in [1.54, 1.807) is 0 Å². The van der Waals surface area contributed by atoms with Crippen LogP contribution in [0.3, 0.4) is 0 Å². The average molecular weight is 228 g/mol. The van der Waals surface area contributed by atoms with Crippen LogP contribution < -0.4 is 11.1 Å². The number of amides is 1. The van der Waals surface area contributed by atoms with Crippen molar-refractivity contribution < 1.29 is 9.53 Å². The predicted octanol–water partition coefficient (Wildman–Crippen LogP) is 1.19. The van der Waals surface area contributed by atoms with Gasteiger partial charge in [0.1, 0.15) is 0 Å². The van der Waals surface area contributed by atoms with Crippen LogP contribution in [0.1, 0.15) is 45.4 Å². The summed E-state index contributed by atoms with van der Waals surface area (Å²) >= 11 is 0. The monoisotopic (exact) mass is 228 g/mol. The normalized spacial score (nSPS) is 18.6. The maximum Gasteiger partial charge on any atom is 0.220 e. The molecule has 0 bridgehead atoms. The summed E-state index contributed by atoms with van der Waals surface area (Å²) in [6.07, 6.45) is 6.62. The molecule has 3 N–H and O–H groups in total. The minimum absolute atomic E-state index is 0.0762. The molecule has 4 heteroatoms. The fourth-order valence-electron chi connectivity index (χ4n) is 1.92. The molecule has 16 heavy (non-hydrogen) atoms. The Morgan fingerprint density at radius 3 is 2.81 bits per heavy atom. The van der Waals surface area contributed by atoms with E-state index in [-0.39, 0.29) is 11.9 Å². The van der Waals surface area contributed by atoms with Crippen LogP contribution in [0.2, 0.25) is 0 Å². The van der Waals surface area contributed by atoms with Crippen molar-refractivity contribution in [2.75, 3.05) is 13.2 Å². The van der Waals surface area contributed by atoms with E-state index >= 15 is 0 Å². The number of hydrogen-bond donors (Lipinski definition) is 2. The van der Waals surface area contributed by atoms with Gasteiger partial charge in [-0.2, -0.15) is 0 Å². The van der Waals surface area contributed by atoms with Crippen LogP contribution >= 0.6 is 0 Å². The third-order valence-corrected chi connectivity index (χ3v) is 2.91. The van der Waals surface area contributed by atoms with Gasteiger partial charge in [-0.25, -0.2) is 0 Å². The Bertz CT molecular complexity index is 201. The van der Waals surface area contributed by atoms with Gasteiger partial charge in [-0.1, -0.05) is 12.8 Å². The van der Waals surface area contributed by atoms with Gasteiger partial charge in [0.2, 0.25) is 5.91 Å². The van der Waals surface area contributed by atoms with Gasteiger partial charge in [0, 0.05) is 19.0 Å². The Morgan fingerprint density at radius 1 is 1.50 bits per heavy atom. The van der Waals surface area contributed by atoms with Crippen LogP contribution in [0.25, 0.3) is 0 Å².